The van der Waals surface area contributed by atoms with Crippen molar-refractivity contribution in [3.8, 4) is 0 Å². The highest BCUT2D eigenvalue weighted by Crippen LogP contribution is 2.47. The molecule has 3 rings (SSSR count). The molecule has 0 radical (unpaired) electrons. The van der Waals surface area contributed by atoms with E-state index in [0.29, 0.717) is 5.92 Å². The van der Waals surface area contributed by atoms with Crippen molar-refractivity contribution in [1.82, 2.24) is 0 Å². The highest BCUT2D eigenvalue weighted by molar-refractivity contribution is 4.95. The van der Waals surface area contributed by atoms with Crippen molar-refractivity contribution in [3.63, 3.8) is 0 Å². The van der Waals surface area contributed by atoms with E-state index in [9.17, 15) is 5.11 Å². The number of aliphatic hydroxyl groups is 1. The molecule has 0 aromatic carbocycles. The molecule has 3 aliphatic rings. The highest BCUT2D eigenvalue weighted by atomic mass is 16.3. The zero-order chi connectivity index (χ0) is 7.19. The van der Waals surface area contributed by atoms with Crippen molar-refractivity contribution < 1.29 is 5.11 Å². The molecule has 1 nitrogen and oxygen atoms in total. The SMILES string of the molecule is CC1CC2CCC1(O)CC2. The van der Waals surface area contributed by atoms with Crippen LogP contribution in [0, 0.1) is 11.8 Å². The van der Waals surface area contributed by atoms with E-state index in [1.165, 1.54) is 19.3 Å². The quantitative estimate of drug-likeness (QED) is 0.545. The van der Waals surface area contributed by atoms with Gasteiger partial charge in [-0.2, -0.15) is 0 Å². The van der Waals surface area contributed by atoms with Crippen molar-refractivity contribution in [1.29, 1.82) is 0 Å². The van der Waals surface area contributed by atoms with Crippen LogP contribution in [-0.4, -0.2) is 10.7 Å². The van der Waals surface area contributed by atoms with E-state index in [0.717, 1.165) is 18.8 Å². The van der Waals surface area contributed by atoms with Crippen LogP contribution in [-0.2, 0) is 0 Å². The molecule has 1 N–H and O–H groups in total. The summed E-state index contributed by atoms with van der Waals surface area (Å²) in [4.78, 5) is 0. The smallest absolute Gasteiger partial charge is 0.0673 e. The monoisotopic (exact) mass is 140 g/mol. The van der Waals surface area contributed by atoms with E-state index in [2.05, 4.69) is 6.92 Å². The Morgan fingerprint density at radius 1 is 1.30 bits per heavy atom. The molecule has 1 atom stereocenters. The van der Waals surface area contributed by atoms with Gasteiger partial charge in [-0.05, 0) is 43.9 Å². The lowest BCUT2D eigenvalue weighted by Crippen LogP contribution is -2.46. The normalized spacial score (nSPS) is 53.4. The van der Waals surface area contributed by atoms with Crippen molar-refractivity contribution in [2.45, 2.75) is 44.6 Å². The number of rotatable bonds is 0. The van der Waals surface area contributed by atoms with Crippen LogP contribution in [0.1, 0.15) is 39.0 Å². The average Bonchev–Trinajstić information content (AvgIpc) is 1.92. The molecule has 10 heavy (non-hydrogen) atoms. The van der Waals surface area contributed by atoms with Crippen LogP contribution < -0.4 is 0 Å². The van der Waals surface area contributed by atoms with Crippen LogP contribution >= 0.6 is 0 Å². The van der Waals surface area contributed by atoms with Crippen LogP contribution in [0.2, 0.25) is 0 Å². The molecule has 3 fully saturated rings. The second-order valence-electron chi connectivity index (χ2n) is 4.18. The summed E-state index contributed by atoms with van der Waals surface area (Å²) in [6.07, 6.45) is 5.97. The second kappa shape index (κ2) is 1.97. The Labute approximate surface area is 62.4 Å². The van der Waals surface area contributed by atoms with E-state index in [1.807, 2.05) is 0 Å². The fraction of sp³-hybridized carbons (Fsp3) is 1.00. The van der Waals surface area contributed by atoms with Gasteiger partial charge in [0.05, 0.1) is 5.60 Å². The first kappa shape index (κ1) is 6.66. The molecular weight excluding hydrogens is 124 g/mol. The molecule has 0 aromatic heterocycles. The van der Waals surface area contributed by atoms with Gasteiger partial charge in [0.25, 0.3) is 0 Å². The number of fused-ring (bicyclic) bond motifs is 3. The summed E-state index contributed by atoms with van der Waals surface area (Å²) in [7, 11) is 0. The first-order valence-corrected chi connectivity index (χ1v) is 4.43. The largest absolute Gasteiger partial charge is 0.390 e. The van der Waals surface area contributed by atoms with E-state index in [1.54, 1.807) is 0 Å². The standard InChI is InChI=1S/C9H16O/c1-7-6-8-2-4-9(7,10)5-3-8/h7-8,10H,2-6H2,1H3. The molecule has 0 aromatic rings. The summed E-state index contributed by atoms with van der Waals surface area (Å²) in [5, 5.41) is 9.99. The Morgan fingerprint density at radius 3 is 2.20 bits per heavy atom. The summed E-state index contributed by atoms with van der Waals surface area (Å²) in [5.74, 6) is 1.52. The molecule has 0 spiro atoms. The van der Waals surface area contributed by atoms with Gasteiger partial charge in [-0.1, -0.05) is 6.92 Å². The lowest BCUT2D eigenvalue weighted by Gasteiger charge is -2.47. The predicted octanol–water partition coefficient (Wildman–Crippen LogP) is 1.95. The van der Waals surface area contributed by atoms with Crippen LogP contribution in [0.5, 0.6) is 0 Å². The zero-order valence-corrected chi connectivity index (χ0v) is 6.64. The third-order valence-electron chi connectivity index (χ3n) is 3.58. The van der Waals surface area contributed by atoms with Crippen LogP contribution in [0.4, 0.5) is 0 Å². The number of hydrogen-bond donors (Lipinski definition) is 1. The maximum absolute atomic E-state index is 9.99. The molecule has 3 saturated carbocycles. The first-order valence-electron chi connectivity index (χ1n) is 4.43. The fourth-order valence-electron chi connectivity index (χ4n) is 2.63. The Hall–Kier alpha value is -0.0400. The van der Waals surface area contributed by atoms with E-state index in [4.69, 9.17) is 0 Å². The Bertz CT molecular complexity index is 134. The predicted molar refractivity (Wildman–Crippen MR) is 40.7 cm³/mol. The Morgan fingerprint density at radius 2 is 1.90 bits per heavy atom. The van der Waals surface area contributed by atoms with Gasteiger partial charge in [-0.3, -0.25) is 0 Å². The van der Waals surface area contributed by atoms with Crippen molar-refractivity contribution >= 4 is 0 Å². The van der Waals surface area contributed by atoms with Crippen LogP contribution in [0.3, 0.4) is 0 Å². The van der Waals surface area contributed by atoms with Gasteiger partial charge in [0, 0.05) is 0 Å². The summed E-state index contributed by atoms with van der Waals surface area (Å²) < 4.78 is 0. The van der Waals surface area contributed by atoms with Gasteiger partial charge >= 0.3 is 0 Å². The molecule has 0 saturated heterocycles. The van der Waals surface area contributed by atoms with Gasteiger partial charge < -0.3 is 5.11 Å². The maximum atomic E-state index is 9.99. The van der Waals surface area contributed by atoms with Crippen molar-refractivity contribution in [2.75, 3.05) is 0 Å². The topological polar surface area (TPSA) is 20.2 Å². The molecule has 0 aliphatic heterocycles. The van der Waals surface area contributed by atoms with Crippen molar-refractivity contribution in [3.05, 3.63) is 0 Å². The molecule has 1 unspecified atom stereocenters. The fourth-order valence-corrected chi connectivity index (χ4v) is 2.63. The zero-order valence-electron chi connectivity index (χ0n) is 6.64. The van der Waals surface area contributed by atoms with E-state index in [-0.39, 0.29) is 5.60 Å². The van der Waals surface area contributed by atoms with Gasteiger partial charge in [0.1, 0.15) is 0 Å². The lowest BCUT2D eigenvalue weighted by atomic mass is 9.62. The summed E-state index contributed by atoms with van der Waals surface area (Å²) in [6.45, 7) is 2.20. The molecule has 2 bridgehead atoms. The summed E-state index contributed by atoms with van der Waals surface area (Å²) in [6, 6.07) is 0. The van der Waals surface area contributed by atoms with Crippen LogP contribution in [0.25, 0.3) is 0 Å². The van der Waals surface area contributed by atoms with E-state index >= 15 is 0 Å². The third kappa shape index (κ3) is 0.800. The Balaban J connectivity index is 2.17. The van der Waals surface area contributed by atoms with Gasteiger partial charge in [-0.25, -0.2) is 0 Å². The minimum atomic E-state index is -0.255. The van der Waals surface area contributed by atoms with Crippen LogP contribution in [0.15, 0.2) is 0 Å². The molecule has 0 amide bonds. The molecule has 3 aliphatic carbocycles. The molecular formula is C9H16O. The summed E-state index contributed by atoms with van der Waals surface area (Å²) in [5.41, 5.74) is -0.255. The van der Waals surface area contributed by atoms with Gasteiger partial charge in [0.15, 0.2) is 0 Å². The Kier molecular flexibility index (Phi) is 1.31. The first-order chi connectivity index (χ1) is 4.71. The molecule has 58 valence electrons. The minimum absolute atomic E-state index is 0.255. The third-order valence-corrected chi connectivity index (χ3v) is 3.58. The highest BCUT2D eigenvalue weighted by Gasteiger charge is 2.43. The molecule has 1 heteroatoms. The maximum Gasteiger partial charge on any atom is 0.0673 e. The van der Waals surface area contributed by atoms with E-state index < -0.39 is 0 Å². The van der Waals surface area contributed by atoms with Gasteiger partial charge in [-0.15, -0.1) is 0 Å². The lowest BCUT2D eigenvalue weighted by molar-refractivity contribution is -0.0969. The van der Waals surface area contributed by atoms with Crippen molar-refractivity contribution in [2.24, 2.45) is 11.8 Å². The van der Waals surface area contributed by atoms with Gasteiger partial charge in [0.2, 0.25) is 0 Å². The summed E-state index contributed by atoms with van der Waals surface area (Å²) >= 11 is 0. The average molecular weight is 140 g/mol. The number of hydrogen-bond acceptors (Lipinski definition) is 1. The molecule has 0 heterocycles. The minimum Gasteiger partial charge on any atom is -0.390 e. The second-order valence-corrected chi connectivity index (χ2v) is 4.18.